The Morgan fingerprint density at radius 2 is 1.67 bits per heavy atom. The number of imidazole rings is 1. The molecule has 1 amide bonds. The molecule has 0 atom stereocenters. The van der Waals surface area contributed by atoms with Crippen molar-refractivity contribution in [3.63, 3.8) is 0 Å². The summed E-state index contributed by atoms with van der Waals surface area (Å²) in [6.45, 7) is 1.43. The summed E-state index contributed by atoms with van der Waals surface area (Å²) in [5, 5.41) is 5.82. The number of alkyl halides is 3. The van der Waals surface area contributed by atoms with Crippen molar-refractivity contribution in [2.45, 2.75) is 13.1 Å². The van der Waals surface area contributed by atoms with Crippen LogP contribution in [0, 0.1) is 0 Å². The molecule has 0 unspecified atom stereocenters. The highest BCUT2D eigenvalue weighted by molar-refractivity contribution is 5.93. The van der Waals surface area contributed by atoms with Gasteiger partial charge in [-0.15, -0.1) is 0 Å². The van der Waals surface area contributed by atoms with E-state index < -0.39 is 11.7 Å². The topological polar surface area (TPSA) is 69.8 Å². The Bertz CT molecular complexity index is 1210. The molecule has 30 heavy (non-hydrogen) atoms. The Morgan fingerprint density at radius 1 is 0.967 bits per heavy atom. The average molecular weight is 410 g/mol. The minimum absolute atomic E-state index is 0.157. The first-order chi connectivity index (χ1) is 14.3. The van der Waals surface area contributed by atoms with Crippen LogP contribution in [-0.2, 0) is 11.0 Å². The van der Waals surface area contributed by atoms with E-state index in [1.54, 1.807) is 42.5 Å². The van der Waals surface area contributed by atoms with Gasteiger partial charge in [0.15, 0.2) is 0 Å². The van der Waals surface area contributed by atoms with Gasteiger partial charge in [0.2, 0.25) is 11.9 Å². The second-order valence-electron chi connectivity index (χ2n) is 6.75. The SMILES string of the molecule is CC(=O)Nc1ccc(Nc2nc3c(-c4cccc(C(F)(F)F)c4)cccc3[nH]2)cc1. The minimum Gasteiger partial charge on any atom is -0.326 e. The lowest BCUT2D eigenvalue weighted by molar-refractivity contribution is -0.137. The highest BCUT2D eigenvalue weighted by Crippen LogP contribution is 2.34. The summed E-state index contributed by atoms with van der Waals surface area (Å²) in [6.07, 6.45) is -4.41. The molecule has 0 radical (unpaired) electrons. The van der Waals surface area contributed by atoms with Crippen molar-refractivity contribution < 1.29 is 18.0 Å². The number of hydrogen-bond acceptors (Lipinski definition) is 3. The molecule has 0 saturated heterocycles. The van der Waals surface area contributed by atoms with E-state index in [1.165, 1.54) is 13.0 Å². The lowest BCUT2D eigenvalue weighted by Crippen LogP contribution is -2.05. The lowest BCUT2D eigenvalue weighted by atomic mass is 10.0. The van der Waals surface area contributed by atoms with Crippen LogP contribution in [0.3, 0.4) is 0 Å². The smallest absolute Gasteiger partial charge is 0.326 e. The second-order valence-corrected chi connectivity index (χ2v) is 6.75. The average Bonchev–Trinajstić information content (AvgIpc) is 3.11. The molecule has 0 aliphatic heterocycles. The Morgan fingerprint density at radius 3 is 2.37 bits per heavy atom. The van der Waals surface area contributed by atoms with Gasteiger partial charge in [-0.3, -0.25) is 4.79 Å². The van der Waals surface area contributed by atoms with E-state index in [2.05, 4.69) is 20.6 Å². The van der Waals surface area contributed by atoms with Crippen molar-refractivity contribution in [3.05, 3.63) is 72.3 Å². The van der Waals surface area contributed by atoms with Crippen LogP contribution in [0.1, 0.15) is 12.5 Å². The predicted molar refractivity (Wildman–Crippen MR) is 111 cm³/mol. The summed E-state index contributed by atoms with van der Waals surface area (Å²) in [4.78, 5) is 18.8. The number of carbonyl (C=O) groups is 1. The zero-order valence-corrected chi connectivity index (χ0v) is 15.8. The fourth-order valence-corrected chi connectivity index (χ4v) is 3.16. The van der Waals surface area contributed by atoms with Crippen molar-refractivity contribution in [3.8, 4) is 11.1 Å². The number of rotatable bonds is 4. The Hall–Kier alpha value is -3.81. The van der Waals surface area contributed by atoms with Gasteiger partial charge in [0.05, 0.1) is 16.6 Å². The van der Waals surface area contributed by atoms with E-state index in [4.69, 9.17) is 0 Å². The van der Waals surface area contributed by atoms with E-state index in [-0.39, 0.29) is 5.91 Å². The summed E-state index contributed by atoms with van der Waals surface area (Å²) in [6, 6.07) is 17.6. The standard InChI is InChI=1S/C22H17F3N4O/c1-13(30)26-16-8-10-17(11-9-16)27-21-28-19-7-3-6-18(20(19)29-21)14-4-2-5-15(12-14)22(23,24)25/h2-12H,1H3,(H,26,30)(H2,27,28,29). The van der Waals surface area contributed by atoms with Crippen molar-refractivity contribution >= 4 is 34.3 Å². The van der Waals surface area contributed by atoms with Crippen LogP contribution >= 0.6 is 0 Å². The summed E-state index contributed by atoms with van der Waals surface area (Å²) >= 11 is 0. The number of aromatic nitrogens is 2. The molecule has 152 valence electrons. The number of para-hydroxylation sites is 1. The predicted octanol–water partition coefficient (Wildman–Crippen LogP) is 5.95. The number of halogens is 3. The number of H-pyrrole nitrogens is 1. The highest BCUT2D eigenvalue weighted by Gasteiger charge is 2.30. The number of aromatic amines is 1. The summed E-state index contributed by atoms with van der Waals surface area (Å²) in [5.74, 6) is 0.298. The molecule has 0 aliphatic carbocycles. The molecule has 3 N–H and O–H groups in total. The normalized spacial score (nSPS) is 11.5. The maximum atomic E-state index is 13.1. The molecule has 0 aliphatic rings. The number of nitrogens with one attached hydrogen (secondary N) is 3. The van der Waals surface area contributed by atoms with Crippen LogP contribution in [-0.4, -0.2) is 15.9 Å². The molecule has 0 spiro atoms. The molecule has 0 fully saturated rings. The Balaban J connectivity index is 1.65. The fourth-order valence-electron chi connectivity index (χ4n) is 3.16. The third kappa shape index (κ3) is 4.12. The molecule has 4 aromatic rings. The monoisotopic (exact) mass is 410 g/mol. The number of carbonyl (C=O) groups excluding carboxylic acids is 1. The minimum atomic E-state index is -4.41. The van der Waals surface area contributed by atoms with Gasteiger partial charge in [0.1, 0.15) is 0 Å². The summed E-state index contributed by atoms with van der Waals surface area (Å²) in [5.41, 5.74) is 3.01. The molecule has 4 rings (SSSR count). The number of anilines is 3. The largest absolute Gasteiger partial charge is 0.416 e. The van der Waals surface area contributed by atoms with E-state index in [1.807, 2.05) is 6.07 Å². The molecular formula is C22H17F3N4O. The van der Waals surface area contributed by atoms with Gasteiger partial charge in [0.25, 0.3) is 0 Å². The van der Waals surface area contributed by atoms with Crippen LogP contribution in [0.5, 0.6) is 0 Å². The van der Waals surface area contributed by atoms with E-state index in [0.29, 0.717) is 33.8 Å². The fraction of sp³-hybridized carbons (Fsp3) is 0.0909. The molecule has 0 bridgehead atoms. The van der Waals surface area contributed by atoms with Crippen LogP contribution in [0.25, 0.3) is 22.2 Å². The van der Waals surface area contributed by atoms with Crippen molar-refractivity contribution in [2.75, 3.05) is 10.6 Å². The Kier molecular flexibility index (Phi) is 4.91. The highest BCUT2D eigenvalue weighted by atomic mass is 19.4. The zero-order valence-electron chi connectivity index (χ0n) is 15.8. The number of hydrogen-bond donors (Lipinski definition) is 3. The van der Waals surface area contributed by atoms with Crippen LogP contribution in [0.4, 0.5) is 30.5 Å². The lowest BCUT2D eigenvalue weighted by Gasteiger charge is -2.09. The summed E-state index contributed by atoms with van der Waals surface area (Å²) < 4.78 is 39.3. The van der Waals surface area contributed by atoms with Gasteiger partial charge in [-0.1, -0.05) is 24.3 Å². The molecule has 3 aromatic carbocycles. The third-order valence-electron chi connectivity index (χ3n) is 4.48. The zero-order chi connectivity index (χ0) is 21.3. The molecular weight excluding hydrogens is 393 g/mol. The molecule has 1 aromatic heterocycles. The number of nitrogens with zero attached hydrogens (tertiary/aromatic N) is 1. The van der Waals surface area contributed by atoms with Crippen LogP contribution < -0.4 is 10.6 Å². The molecule has 1 heterocycles. The van der Waals surface area contributed by atoms with Crippen LogP contribution in [0.2, 0.25) is 0 Å². The second kappa shape index (κ2) is 7.55. The van der Waals surface area contributed by atoms with E-state index in [0.717, 1.165) is 17.8 Å². The van der Waals surface area contributed by atoms with Gasteiger partial charge in [0, 0.05) is 23.9 Å². The first-order valence-corrected chi connectivity index (χ1v) is 9.11. The van der Waals surface area contributed by atoms with Crippen molar-refractivity contribution in [1.29, 1.82) is 0 Å². The van der Waals surface area contributed by atoms with Gasteiger partial charge in [-0.05, 0) is 48.0 Å². The van der Waals surface area contributed by atoms with E-state index in [9.17, 15) is 18.0 Å². The van der Waals surface area contributed by atoms with Gasteiger partial charge in [-0.25, -0.2) is 4.98 Å². The van der Waals surface area contributed by atoms with Gasteiger partial charge in [-0.2, -0.15) is 13.2 Å². The summed E-state index contributed by atoms with van der Waals surface area (Å²) in [7, 11) is 0. The van der Waals surface area contributed by atoms with Crippen LogP contribution in [0.15, 0.2) is 66.7 Å². The number of fused-ring (bicyclic) bond motifs is 1. The van der Waals surface area contributed by atoms with Crippen molar-refractivity contribution in [1.82, 2.24) is 9.97 Å². The molecule has 8 heteroatoms. The van der Waals surface area contributed by atoms with Crippen molar-refractivity contribution in [2.24, 2.45) is 0 Å². The Labute approximate surface area is 170 Å². The third-order valence-corrected chi connectivity index (χ3v) is 4.48. The first-order valence-electron chi connectivity index (χ1n) is 9.11. The maximum Gasteiger partial charge on any atom is 0.416 e. The quantitative estimate of drug-likeness (QED) is 0.389. The number of amides is 1. The molecule has 5 nitrogen and oxygen atoms in total. The van der Waals surface area contributed by atoms with Gasteiger partial charge < -0.3 is 15.6 Å². The van der Waals surface area contributed by atoms with Gasteiger partial charge >= 0.3 is 6.18 Å². The van der Waals surface area contributed by atoms with E-state index >= 15 is 0 Å². The number of benzene rings is 3. The maximum absolute atomic E-state index is 13.1. The molecule has 0 saturated carbocycles. The first kappa shape index (κ1) is 19.5.